The molecule has 0 saturated carbocycles. The second kappa shape index (κ2) is 5.89. The lowest BCUT2D eigenvalue weighted by Crippen LogP contribution is -2.09. The van der Waals surface area contributed by atoms with E-state index >= 15 is 0 Å². The fourth-order valence-corrected chi connectivity index (χ4v) is 4.12. The van der Waals surface area contributed by atoms with Gasteiger partial charge in [0, 0.05) is 16.0 Å². The summed E-state index contributed by atoms with van der Waals surface area (Å²) in [6.45, 7) is 2.02. The molecule has 24 heavy (non-hydrogen) atoms. The maximum absolute atomic E-state index is 12.8. The summed E-state index contributed by atoms with van der Waals surface area (Å²) in [5.74, 6) is 0.499. The van der Waals surface area contributed by atoms with Gasteiger partial charge < -0.3 is 4.98 Å². The Morgan fingerprint density at radius 1 is 1.04 bits per heavy atom. The molecule has 0 unspecified atom stereocenters. The molecule has 0 spiro atoms. The van der Waals surface area contributed by atoms with Gasteiger partial charge in [-0.1, -0.05) is 54.1 Å². The average molecular weight is 353 g/mol. The molecule has 0 bridgehead atoms. The third kappa shape index (κ3) is 2.44. The lowest BCUT2D eigenvalue weighted by Gasteiger charge is -2.04. The number of thiophene rings is 1. The highest BCUT2D eigenvalue weighted by molar-refractivity contribution is 7.19. The minimum absolute atomic E-state index is 0.141. The van der Waals surface area contributed by atoms with E-state index in [1.54, 1.807) is 6.07 Å². The van der Waals surface area contributed by atoms with Crippen LogP contribution in [0.3, 0.4) is 0 Å². The van der Waals surface area contributed by atoms with Gasteiger partial charge in [-0.05, 0) is 24.6 Å². The van der Waals surface area contributed by atoms with Gasteiger partial charge in [-0.3, -0.25) is 4.79 Å². The van der Waals surface area contributed by atoms with Crippen LogP contribution < -0.4 is 5.56 Å². The highest BCUT2D eigenvalue weighted by Crippen LogP contribution is 2.36. The van der Waals surface area contributed by atoms with E-state index in [9.17, 15) is 4.79 Å². The zero-order valence-electron chi connectivity index (χ0n) is 12.8. The van der Waals surface area contributed by atoms with Crippen molar-refractivity contribution >= 4 is 33.2 Å². The molecule has 0 aliphatic carbocycles. The second-order valence-corrected chi connectivity index (χ2v) is 7.08. The van der Waals surface area contributed by atoms with Crippen molar-refractivity contribution in [1.29, 1.82) is 0 Å². The van der Waals surface area contributed by atoms with Crippen molar-refractivity contribution in [2.75, 3.05) is 0 Å². The van der Waals surface area contributed by atoms with Crippen molar-refractivity contribution in [3.63, 3.8) is 0 Å². The van der Waals surface area contributed by atoms with E-state index in [1.807, 2.05) is 55.5 Å². The summed E-state index contributed by atoms with van der Waals surface area (Å²) < 4.78 is 0. The van der Waals surface area contributed by atoms with Crippen molar-refractivity contribution in [2.24, 2.45) is 0 Å². The lowest BCUT2D eigenvalue weighted by molar-refractivity contribution is 1.19. The summed E-state index contributed by atoms with van der Waals surface area (Å²) in [7, 11) is 0. The first kappa shape index (κ1) is 15.1. The van der Waals surface area contributed by atoms with Crippen molar-refractivity contribution in [2.45, 2.75) is 6.92 Å². The number of aromatic nitrogens is 2. The summed E-state index contributed by atoms with van der Waals surface area (Å²) >= 11 is 7.76. The average Bonchev–Trinajstić information content (AvgIpc) is 2.92. The predicted octanol–water partition coefficient (Wildman–Crippen LogP) is 5.28. The standard InChI is InChI=1S/C19H13ClN2OS/c1-11-15(12-7-3-2-4-8-12)16-18(23)21-17(22-19(16)24-11)13-9-5-6-10-14(13)20/h2-10H,1H3,(H,21,22,23). The molecule has 0 radical (unpaired) electrons. The molecule has 1 N–H and O–H groups in total. The predicted molar refractivity (Wildman–Crippen MR) is 101 cm³/mol. The Morgan fingerprint density at radius 3 is 2.50 bits per heavy atom. The van der Waals surface area contributed by atoms with Gasteiger partial charge in [-0.15, -0.1) is 11.3 Å². The van der Waals surface area contributed by atoms with Gasteiger partial charge in [0.15, 0.2) is 0 Å². The normalized spacial score (nSPS) is 11.1. The Hall–Kier alpha value is -2.43. The molecule has 5 heteroatoms. The van der Waals surface area contributed by atoms with Crippen molar-refractivity contribution in [3.05, 3.63) is 74.9 Å². The van der Waals surface area contributed by atoms with Crippen LogP contribution in [0, 0.1) is 6.92 Å². The molecule has 4 aromatic rings. The first-order valence-corrected chi connectivity index (χ1v) is 8.68. The van der Waals surface area contributed by atoms with Crippen LogP contribution in [0.25, 0.3) is 32.7 Å². The van der Waals surface area contributed by atoms with E-state index in [2.05, 4.69) is 9.97 Å². The number of halogens is 1. The van der Waals surface area contributed by atoms with Gasteiger partial charge in [0.05, 0.1) is 10.4 Å². The Labute approximate surface area is 147 Å². The van der Waals surface area contributed by atoms with Gasteiger partial charge in [-0.25, -0.2) is 4.98 Å². The number of H-pyrrole nitrogens is 1. The molecular formula is C19H13ClN2OS. The van der Waals surface area contributed by atoms with Gasteiger partial charge >= 0.3 is 0 Å². The third-order valence-corrected chi connectivity index (χ3v) is 5.26. The SMILES string of the molecule is Cc1sc2nc(-c3ccccc3Cl)[nH]c(=O)c2c1-c1ccccc1. The maximum Gasteiger partial charge on any atom is 0.260 e. The molecule has 118 valence electrons. The molecule has 0 amide bonds. The number of aromatic amines is 1. The van der Waals surface area contributed by atoms with E-state index in [4.69, 9.17) is 11.6 Å². The summed E-state index contributed by atoms with van der Waals surface area (Å²) in [4.78, 5) is 22.1. The maximum atomic E-state index is 12.8. The number of fused-ring (bicyclic) bond motifs is 1. The smallest absolute Gasteiger partial charge is 0.260 e. The molecule has 0 aliphatic rings. The summed E-state index contributed by atoms with van der Waals surface area (Å²) in [6, 6.07) is 17.3. The number of hydrogen-bond acceptors (Lipinski definition) is 3. The van der Waals surface area contributed by atoms with Crippen LogP contribution in [-0.4, -0.2) is 9.97 Å². The highest BCUT2D eigenvalue weighted by atomic mass is 35.5. The number of benzene rings is 2. The Balaban J connectivity index is 2.00. The van der Waals surface area contributed by atoms with Crippen LogP contribution in [0.4, 0.5) is 0 Å². The topological polar surface area (TPSA) is 45.8 Å². The molecule has 0 aliphatic heterocycles. The van der Waals surface area contributed by atoms with E-state index in [1.165, 1.54) is 11.3 Å². The van der Waals surface area contributed by atoms with Crippen molar-refractivity contribution in [1.82, 2.24) is 9.97 Å². The fraction of sp³-hybridized carbons (Fsp3) is 0.0526. The molecule has 2 aromatic heterocycles. The van der Waals surface area contributed by atoms with Crippen molar-refractivity contribution in [3.8, 4) is 22.5 Å². The van der Waals surface area contributed by atoms with Crippen LogP contribution in [0.1, 0.15) is 4.88 Å². The first-order chi connectivity index (χ1) is 11.6. The molecule has 0 saturated heterocycles. The van der Waals surface area contributed by atoms with E-state index in [0.29, 0.717) is 16.2 Å². The van der Waals surface area contributed by atoms with Crippen molar-refractivity contribution < 1.29 is 0 Å². The number of nitrogens with zero attached hydrogens (tertiary/aromatic N) is 1. The Kier molecular flexibility index (Phi) is 3.71. The molecule has 2 heterocycles. The Morgan fingerprint density at radius 2 is 1.75 bits per heavy atom. The number of aryl methyl sites for hydroxylation is 1. The molecule has 4 rings (SSSR count). The lowest BCUT2D eigenvalue weighted by atomic mass is 10.0. The zero-order chi connectivity index (χ0) is 16.7. The monoisotopic (exact) mass is 352 g/mol. The molecule has 0 fully saturated rings. The van der Waals surface area contributed by atoms with Crippen LogP contribution >= 0.6 is 22.9 Å². The minimum atomic E-state index is -0.141. The minimum Gasteiger partial charge on any atom is -0.306 e. The molecule has 3 nitrogen and oxygen atoms in total. The number of hydrogen-bond donors (Lipinski definition) is 1. The van der Waals surface area contributed by atoms with E-state index in [-0.39, 0.29) is 5.56 Å². The fourth-order valence-electron chi connectivity index (χ4n) is 2.85. The number of nitrogens with one attached hydrogen (secondary N) is 1. The van der Waals surface area contributed by atoms with Crippen LogP contribution in [0.15, 0.2) is 59.4 Å². The second-order valence-electron chi connectivity index (χ2n) is 5.47. The Bertz CT molecular complexity index is 1100. The molecule has 0 atom stereocenters. The molecular weight excluding hydrogens is 340 g/mol. The summed E-state index contributed by atoms with van der Waals surface area (Å²) in [5.41, 5.74) is 2.57. The quantitative estimate of drug-likeness (QED) is 0.533. The summed E-state index contributed by atoms with van der Waals surface area (Å²) in [5, 5.41) is 1.20. The van der Waals surface area contributed by atoms with E-state index < -0.39 is 0 Å². The molecule has 2 aromatic carbocycles. The zero-order valence-corrected chi connectivity index (χ0v) is 14.4. The highest BCUT2D eigenvalue weighted by Gasteiger charge is 2.17. The van der Waals surface area contributed by atoms with Gasteiger partial charge in [0.25, 0.3) is 5.56 Å². The summed E-state index contributed by atoms with van der Waals surface area (Å²) in [6.07, 6.45) is 0. The van der Waals surface area contributed by atoms with Crippen LogP contribution in [0.5, 0.6) is 0 Å². The third-order valence-electron chi connectivity index (χ3n) is 3.93. The van der Waals surface area contributed by atoms with Crippen LogP contribution in [-0.2, 0) is 0 Å². The van der Waals surface area contributed by atoms with Crippen LogP contribution in [0.2, 0.25) is 5.02 Å². The van der Waals surface area contributed by atoms with Gasteiger partial charge in [0.2, 0.25) is 0 Å². The largest absolute Gasteiger partial charge is 0.306 e. The van der Waals surface area contributed by atoms with Gasteiger partial charge in [-0.2, -0.15) is 0 Å². The number of rotatable bonds is 2. The van der Waals surface area contributed by atoms with E-state index in [0.717, 1.165) is 26.4 Å². The van der Waals surface area contributed by atoms with Gasteiger partial charge in [0.1, 0.15) is 10.7 Å². The first-order valence-electron chi connectivity index (χ1n) is 7.49.